The van der Waals surface area contributed by atoms with E-state index in [1.165, 1.54) is 6.92 Å². The summed E-state index contributed by atoms with van der Waals surface area (Å²) in [6.45, 7) is 1.27. The number of aliphatic carboxylic acids is 1. The van der Waals surface area contributed by atoms with E-state index in [4.69, 9.17) is 16.6 Å². The van der Waals surface area contributed by atoms with Crippen molar-refractivity contribution in [1.82, 2.24) is 16.0 Å². The Bertz CT molecular complexity index is 806. The van der Waals surface area contributed by atoms with Gasteiger partial charge in [0.1, 0.15) is 18.1 Å². The Labute approximate surface area is 184 Å². The third kappa shape index (κ3) is 9.05. The fourth-order valence-corrected chi connectivity index (χ4v) is 2.75. The first-order chi connectivity index (χ1) is 14.5. The Morgan fingerprint density at radius 2 is 1.52 bits per heavy atom. The van der Waals surface area contributed by atoms with Crippen LogP contribution in [0.25, 0.3) is 0 Å². The fraction of sp³-hybridized carbons (Fsp3) is 0.421. The van der Waals surface area contributed by atoms with Crippen LogP contribution in [0.2, 0.25) is 0 Å². The number of rotatable bonds is 12. The van der Waals surface area contributed by atoms with Crippen LogP contribution in [0.3, 0.4) is 0 Å². The predicted molar refractivity (Wildman–Crippen MR) is 115 cm³/mol. The molecule has 0 saturated heterocycles. The molecule has 8 N–H and O–H groups in total. The molecular formula is C19H27N5O6S. The molecule has 0 radical (unpaired) electrons. The average Bonchev–Trinajstić information content (AvgIpc) is 2.71. The van der Waals surface area contributed by atoms with E-state index in [0.717, 1.165) is 5.56 Å². The molecule has 31 heavy (non-hydrogen) atoms. The molecule has 1 aromatic rings. The minimum Gasteiger partial charge on any atom is -0.480 e. The number of nitrogens with two attached hydrogens (primary N) is 2. The molecule has 1 rings (SSSR count). The van der Waals surface area contributed by atoms with Gasteiger partial charge in [0.2, 0.25) is 23.6 Å². The molecule has 0 aliphatic rings. The molecule has 0 aromatic heterocycles. The van der Waals surface area contributed by atoms with Crippen molar-refractivity contribution in [3.8, 4) is 0 Å². The number of hydrogen-bond donors (Lipinski definition) is 7. The van der Waals surface area contributed by atoms with Gasteiger partial charge in [0, 0.05) is 12.2 Å². The number of carbonyl (C=O) groups is 5. The van der Waals surface area contributed by atoms with E-state index in [1.54, 1.807) is 30.3 Å². The second-order valence-corrected chi connectivity index (χ2v) is 7.21. The highest BCUT2D eigenvalue weighted by Crippen LogP contribution is 2.05. The number of carbonyl (C=O) groups excluding carboxylic acids is 4. The number of hydrogen-bond acceptors (Lipinski definition) is 7. The molecule has 0 heterocycles. The highest BCUT2D eigenvalue weighted by Gasteiger charge is 2.29. The maximum Gasteiger partial charge on any atom is 0.325 e. The van der Waals surface area contributed by atoms with E-state index in [2.05, 4.69) is 28.6 Å². The van der Waals surface area contributed by atoms with E-state index in [0.29, 0.717) is 0 Å². The molecule has 0 aliphatic carbocycles. The van der Waals surface area contributed by atoms with E-state index < -0.39 is 60.2 Å². The predicted octanol–water partition coefficient (Wildman–Crippen LogP) is -2.08. The van der Waals surface area contributed by atoms with Gasteiger partial charge in [-0.2, -0.15) is 12.6 Å². The smallest absolute Gasteiger partial charge is 0.325 e. The Morgan fingerprint density at radius 1 is 0.968 bits per heavy atom. The second kappa shape index (κ2) is 12.5. The molecule has 0 fully saturated rings. The second-order valence-electron chi connectivity index (χ2n) is 6.84. The van der Waals surface area contributed by atoms with Crippen LogP contribution >= 0.6 is 12.6 Å². The van der Waals surface area contributed by atoms with Crippen LogP contribution in [-0.4, -0.2) is 64.6 Å². The highest BCUT2D eigenvalue weighted by atomic mass is 32.1. The molecular weight excluding hydrogens is 426 g/mol. The van der Waals surface area contributed by atoms with Crippen LogP contribution in [0.4, 0.5) is 0 Å². The zero-order valence-corrected chi connectivity index (χ0v) is 17.8. The first-order valence-electron chi connectivity index (χ1n) is 9.37. The maximum atomic E-state index is 12.8. The minimum atomic E-state index is -1.25. The van der Waals surface area contributed by atoms with Crippen molar-refractivity contribution < 1.29 is 29.1 Å². The Hall–Kier alpha value is -3.12. The van der Waals surface area contributed by atoms with Gasteiger partial charge in [-0.05, 0) is 12.5 Å². The molecule has 0 bridgehead atoms. The summed E-state index contributed by atoms with van der Waals surface area (Å²) < 4.78 is 0. The van der Waals surface area contributed by atoms with E-state index >= 15 is 0 Å². The topological polar surface area (TPSA) is 194 Å². The quantitative estimate of drug-likeness (QED) is 0.176. The van der Waals surface area contributed by atoms with Gasteiger partial charge in [0.05, 0.1) is 12.5 Å². The van der Waals surface area contributed by atoms with Crippen LogP contribution in [0.15, 0.2) is 30.3 Å². The third-order valence-electron chi connectivity index (χ3n) is 4.22. The van der Waals surface area contributed by atoms with Crippen LogP contribution in [0, 0.1) is 0 Å². The Balaban J connectivity index is 2.95. The van der Waals surface area contributed by atoms with Crippen molar-refractivity contribution in [2.75, 3.05) is 5.75 Å². The van der Waals surface area contributed by atoms with Crippen molar-refractivity contribution in [2.24, 2.45) is 11.5 Å². The van der Waals surface area contributed by atoms with Crippen molar-refractivity contribution in [3.63, 3.8) is 0 Å². The van der Waals surface area contributed by atoms with Gasteiger partial charge in [-0.3, -0.25) is 24.0 Å². The molecule has 11 nitrogen and oxygen atoms in total. The summed E-state index contributed by atoms with van der Waals surface area (Å²) in [7, 11) is 0. The molecule has 4 unspecified atom stereocenters. The van der Waals surface area contributed by atoms with Crippen molar-refractivity contribution >= 4 is 42.2 Å². The molecule has 0 saturated carbocycles. The Morgan fingerprint density at radius 3 is 2.03 bits per heavy atom. The minimum absolute atomic E-state index is 0.0775. The van der Waals surface area contributed by atoms with Crippen LogP contribution in [0.1, 0.15) is 18.9 Å². The zero-order chi connectivity index (χ0) is 23.6. The molecule has 0 spiro atoms. The van der Waals surface area contributed by atoms with Gasteiger partial charge in [0.25, 0.3) is 0 Å². The number of nitrogens with one attached hydrogen (secondary N) is 3. The summed E-state index contributed by atoms with van der Waals surface area (Å²) in [5.74, 6) is -4.34. The van der Waals surface area contributed by atoms with Crippen molar-refractivity contribution in [2.45, 2.75) is 43.9 Å². The van der Waals surface area contributed by atoms with Gasteiger partial charge in [-0.1, -0.05) is 30.3 Å². The number of thiol groups is 1. The van der Waals surface area contributed by atoms with E-state index in [9.17, 15) is 24.0 Å². The summed E-state index contributed by atoms with van der Waals surface area (Å²) in [6.07, 6.45) is -0.325. The lowest BCUT2D eigenvalue weighted by atomic mass is 10.0. The molecule has 170 valence electrons. The lowest BCUT2D eigenvalue weighted by Gasteiger charge is -2.24. The largest absolute Gasteiger partial charge is 0.480 e. The molecule has 0 aliphatic heterocycles. The van der Waals surface area contributed by atoms with E-state index in [1.807, 2.05) is 0 Å². The highest BCUT2D eigenvalue weighted by molar-refractivity contribution is 7.80. The van der Waals surface area contributed by atoms with Crippen LogP contribution in [0.5, 0.6) is 0 Å². The summed E-state index contributed by atoms with van der Waals surface area (Å²) >= 11 is 4.03. The number of primary amides is 1. The monoisotopic (exact) mass is 453 g/mol. The Kier molecular flexibility index (Phi) is 10.5. The third-order valence-corrected chi connectivity index (χ3v) is 4.58. The van der Waals surface area contributed by atoms with Gasteiger partial charge < -0.3 is 32.5 Å². The molecule has 12 heteroatoms. The van der Waals surface area contributed by atoms with Crippen LogP contribution in [-0.2, 0) is 30.4 Å². The maximum absolute atomic E-state index is 12.8. The summed E-state index contributed by atoms with van der Waals surface area (Å²) in [6, 6.07) is 4.09. The number of amides is 4. The number of benzene rings is 1. The van der Waals surface area contributed by atoms with Crippen LogP contribution < -0.4 is 27.4 Å². The lowest BCUT2D eigenvalue weighted by Crippen LogP contribution is -2.58. The first kappa shape index (κ1) is 25.9. The zero-order valence-electron chi connectivity index (χ0n) is 16.9. The SMILES string of the molecule is CC(NC(=O)C(CS)NC(=O)C(Cc1ccccc1)NC(=O)C(N)CC(N)=O)C(=O)O. The average molecular weight is 454 g/mol. The van der Waals surface area contributed by atoms with Crippen molar-refractivity contribution in [1.29, 1.82) is 0 Å². The molecule has 1 aromatic carbocycles. The number of carboxylic acids is 1. The van der Waals surface area contributed by atoms with E-state index in [-0.39, 0.29) is 12.2 Å². The standard InChI is InChI=1S/C19H27N5O6S/c1-10(19(29)30)22-18(28)14(9-31)24-17(27)13(7-11-5-3-2-4-6-11)23-16(26)12(20)8-15(21)25/h2-6,10,12-14,31H,7-9,20H2,1H3,(H2,21,25)(H,22,28)(H,23,26)(H,24,27)(H,29,30). The van der Waals surface area contributed by atoms with Crippen molar-refractivity contribution in [3.05, 3.63) is 35.9 Å². The van der Waals surface area contributed by atoms with Gasteiger partial charge >= 0.3 is 5.97 Å². The summed E-state index contributed by atoms with van der Waals surface area (Å²) in [5, 5.41) is 16.1. The first-order valence-corrected chi connectivity index (χ1v) is 10.0. The van der Waals surface area contributed by atoms with Gasteiger partial charge in [-0.25, -0.2) is 0 Å². The van der Waals surface area contributed by atoms with Gasteiger partial charge in [-0.15, -0.1) is 0 Å². The fourth-order valence-electron chi connectivity index (χ4n) is 2.49. The lowest BCUT2D eigenvalue weighted by molar-refractivity contribution is -0.141. The number of carboxylic acid groups (broad SMARTS) is 1. The molecule has 4 amide bonds. The van der Waals surface area contributed by atoms with Gasteiger partial charge in [0.15, 0.2) is 0 Å². The normalized spacial score (nSPS) is 14.4. The molecule has 4 atom stereocenters. The summed E-state index contributed by atoms with van der Waals surface area (Å²) in [5.41, 5.74) is 11.4. The summed E-state index contributed by atoms with van der Waals surface area (Å²) in [4.78, 5) is 59.3.